The van der Waals surface area contributed by atoms with Crippen LogP contribution in [0.15, 0.2) is 67.3 Å². The van der Waals surface area contributed by atoms with Crippen molar-refractivity contribution >= 4 is 27.9 Å². The lowest BCUT2D eigenvalue weighted by Gasteiger charge is -2.14. The number of H-pyrrole nitrogens is 1. The van der Waals surface area contributed by atoms with E-state index in [-0.39, 0.29) is 0 Å². The van der Waals surface area contributed by atoms with Gasteiger partial charge in [-0.1, -0.05) is 42.5 Å². The van der Waals surface area contributed by atoms with Crippen LogP contribution in [-0.2, 0) is 6.54 Å². The lowest BCUT2D eigenvalue weighted by atomic mass is 9.97. The highest BCUT2D eigenvalue weighted by Gasteiger charge is 2.12. The fourth-order valence-electron chi connectivity index (χ4n) is 3.46. The van der Waals surface area contributed by atoms with Crippen LogP contribution in [0.4, 0.5) is 5.82 Å². The van der Waals surface area contributed by atoms with Crippen molar-refractivity contribution < 1.29 is 0 Å². The van der Waals surface area contributed by atoms with Crippen LogP contribution in [0.2, 0.25) is 0 Å². The maximum Gasteiger partial charge on any atom is 0.162 e. The van der Waals surface area contributed by atoms with Gasteiger partial charge in [-0.05, 0) is 30.2 Å². The van der Waals surface area contributed by atoms with E-state index in [1.54, 1.807) is 6.33 Å². The summed E-state index contributed by atoms with van der Waals surface area (Å²) < 4.78 is 0. The van der Waals surface area contributed by atoms with E-state index in [1.165, 1.54) is 17.5 Å². The van der Waals surface area contributed by atoms with Crippen molar-refractivity contribution in [2.45, 2.75) is 13.5 Å². The van der Waals surface area contributed by atoms with Crippen LogP contribution >= 0.6 is 0 Å². The SMILES string of the molecule is Cc1ccccc1-c1cc2ccccc2nc1CNc1ncnc2[nH]cnc12. The minimum Gasteiger partial charge on any atom is -0.362 e. The minimum absolute atomic E-state index is 0.535. The Bertz CT molecular complexity index is 1290. The number of fused-ring (bicyclic) bond motifs is 2. The van der Waals surface area contributed by atoms with Gasteiger partial charge in [0.1, 0.15) is 11.8 Å². The number of aryl methyl sites for hydroxylation is 1. The molecule has 2 N–H and O–H groups in total. The van der Waals surface area contributed by atoms with E-state index in [2.05, 4.69) is 68.6 Å². The molecule has 5 aromatic rings. The van der Waals surface area contributed by atoms with Gasteiger partial charge in [-0.25, -0.2) is 15.0 Å². The third-order valence-electron chi connectivity index (χ3n) is 4.88. The molecule has 0 aliphatic heterocycles. The number of imidazole rings is 1. The second-order valence-corrected chi connectivity index (χ2v) is 6.67. The first-order valence-electron chi connectivity index (χ1n) is 9.12. The third kappa shape index (κ3) is 2.85. The molecule has 0 fully saturated rings. The highest BCUT2D eigenvalue weighted by atomic mass is 15.1. The van der Waals surface area contributed by atoms with Crippen molar-refractivity contribution in [1.29, 1.82) is 0 Å². The summed E-state index contributed by atoms with van der Waals surface area (Å²) >= 11 is 0. The molecule has 0 spiro atoms. The molecular weight excluding hydrogens is 348 g/mol. The normalized spacial score (nSPS) is 11.2. The molecule has 5 rings (SSSR count). The van der Waals surface area contributed by atoms with Gasteiger partial charge < -0.3 is 10.3 Å². The number of rotatable bonds is 4. The summed E-state index contributed by atoms with van der Waals surface area (Å²) in [6.45, 7) is 2.66. The fraction of sp³-hybridized carbons (Fsp3) is 0.0909. The Hall–Kier alpha value is -3.80. The molecule has 6 heteroatoms. The Kier molecular flexibility index (Phi) is 3.94. The van der Waals surface area contributed by atoms with Gasteiger partial charge in [0.25, 0.3) is 0 Å². The number of aromatic nitrogens is 5. The molecule has 0 saturated carbocycles. The molecule has 0 aliphatic carbocycles. The molecule has 136 valence electrons. The van der Waals surface area contributed by atoms with Crippen molar-refractivity contribution in [3.63, 3.8) is 0 Å². The summed E-state index contributed by atoms with van der Waals surface area (Å²) in [6.07, 6.45) is 3.15. The molecule has 0 bridgehead atoms. The maximum absolute atomic E-state index is 4.94. The standard InChI is InChI=1S/C22H18N6/c1-14-6-2-4-8-16(14)17-10-15-7-3-5-9-18(15)28-19(17)11-23-21-20-22(25-12-24-20)27-13-26-21/h2-10,12-13H,11H2,1H3,(H2,23,24,25,26,27). The lowest BCUT2D eigenvalue weighted by Crippen LogP contribution is -2.06. The summed E-state index contributed by atoms with van der Waals surface area (Å²) in [5.74, 6) is 0.692. The number of pyridine rings is 1. The van der Waals surface area contributed by atoms with Crippen molar-refractivity contribution in [2.75, 3.05) is 5.32 Å². The van der Waals surface area contributed by atoms with Gasteiger partial charge in [0, 0.05) is 10.9 Å². The molecule has 6 nitrogen and oxygen atoms in total. The zero-order chi connectivity index (χ0) is 18.9. The van der Waals surface area contributed by atoms with E-state index >= 15 is 0 Å². The number of anilines is 1. The summed E-state index contributed by atoms with van der Waals surface area (Å²) in [6, 6.07) is 18.8. The quantitative estimate of drug-likeness (QED) is 0.490. The summed E-state index contributed by atoms with van der Waals surface area (Å²) in [5.41, 5.74) is 6.91. The zero-order valence-electron chi connectivity index (χ0n) is 15.3. The zero-order valence-corrected chi connectivity index (χ0v) is 15.3. The predicted molar refractivity (Wildman–Crippen MR) is 111 cm³/mol. The van der Waals surface area contributed by atoms with Gasteiger partial charge in [0.15, 0.2) is 11.5 Å². The molecular formula is C22H18N6. The Labute approximate surface area is 161 Å². The summed E-state index contributed by atoms with van der Waals surface area (Å²) in [5, 5.41) is 4.51. The Balaban J connectivity index is 1.60. The third-order valence-corrected chi connectivity index (χ3v) is 4.88. The molecule has 0 aliphatic rings. The molecule has 3 heterocycles. The van der Waals surface area contributed by atoms with Crippen LogP contribution in [0.3, 0.4) is 0 Å². The first-order chi connectivity index (χ1) is 13.8. The van der Waals surface area contributed by atoms with Gasteiger partial charge in [-0.2, -0.15) is 0 Å². The van der Waals surface area contributed by atoms with Crippen molar-refractivity contribution in [3.05, 3.63) is 78.5 Å². The fourth-order valence-corrected chi connectivity index (χ4v) is 3.46. The van der Waals surface area contributed by atoms with E-state index in [9.17, 15) is 0 Å². The maximum atomic E-state index is 4.94. The van der Waals surface area contributed by atoms with Crippen LogP contribution in [0.1, 0.15) is 11.3 Å². The Morgan fingerprint density at radius 1 is 0.929 bits per heavy atom. The average Bonchev–Trinajstić information content (AvgIpc) is 3.21. The number of benzene rings is 2. The van der Waals surface area contributed by atoms with E-state index in [1.807, 2.05) is 18.2 Å². The highest BCUT2D eigenvalue weighted by Crippen LogP contribution is 2.30. The summed E-state index contributed by atoms with van der Waals surface area (Å²) in [4.78, 5) is 20.8. The van der Waals surface area contributed by atoms with E-state index in [4.69, 9.17) is 4.98 Å². The first kappa shape index (κ1) is 16.4. The molecule has 0 radical (unpaired) electrons. The number of nitrogens with zero attached hydrogens (tertiary/aromatic N) is 4. The highest BCUT2D eigenvalue weighted by molar-refractivity contribution is 5.86. The molecule has 0 amide bonds. The molecule has 0 unspecified atom stereocenters. The monoisotopic (exact) mass is 366 g/mol. The van der Waals surface area contributed by atoms with Gasteiger partial charge in [0.2, 0.25) is 0 Å². The summed E-state index contributed by atoms with van der Waals surface area (Å²) in [7, 11) is 0. The number of nitrogens with one attached hydrogen (secondary N) is 2. The Morgan fingerprint density at radius 2 is 1.79 bits per heavy atom. The average molecular weight is 366 g/mol. The molecule has 0 atom stereocenters. The van der Waals surface area contributed by atoms with Gasteiger partial charge in [0.05, 0.1) is 24.1 Å². The second-order valence-electron chi connectivity index (χ2n) is 6.67. The Morgan fingerprint density at radius 3 is 2.71 bits per heavy atom. The van der Waals surface area contributed by atoms with Crippen LogP contribution in [0.5, 0.6) is 0 Å². The van der Waals surface area contributed by atoms with Crippen molar-refractivity contribution in [2.24, 2.45) is 0 Å². The van der Waals surface area contributed by atoms with E-state index < -0.39 is 0 Å². The molecule has 2 aromatic carbocycles. The molecule has 28 heavy (non-hydrogen) atoms. The van der Waals surface area contributed by atoms with Crippen LogP contribution in [0.25, 0.3) is 33.2 Å². The molecule has 0 saturated heterocycles. The number of para-hydroxylation sites is 1. The van der Waals surface area contributed by atoms with E-state index in [0.29, 0.717) is 18.0 Å². The minimum atomic E-state index is 0.535. The van der Waals surface area contributed by atoms with Crippen LogP contribution in [-0.4, -0.2) is 24.9 Å². The lowest BCUT2D eigenvalue weighted by molar-refractivity contribution is 1.04. The van der Waals surface area contributed by atoms with Crippen LogP contribution < -0.4 is 5.32 Å². The predicted octanol–water partition coefficient (Wildman–Crippen LogP) is 4.49. The smallest absolute Gasteiger partial charge is 0.162 e. The van der Waals surface area contributed by atoms with Crippen LogP contribution in [0, 0.1) is 6.92 Å². The number of hydrogen-bond donors (Lipinski definition) is 2. The topological polar surface area (TPSA) is 79.4 Å². The largest absolute Gasteiger partial charge is 0.362 e. The first-order valence-corrected chi connectivity index (χ1v) is 9.12. The van der Waals surface area contributed by atoms with Crippen molar-refractivity contribution in [1.82, 2.24) is 24.9 Å². The van der Waals surface area contributed by atoms with Gasteiger partial charge >= 0.3 is 0 Å². The van der Waals surface area contributed by atoms with E-state index in [0.717, 1.165) is 27.7 Å². The second kappa shape index (κ2) is 6.74. The number of hydrogen-bond acceptors (Lipinski definition) is 5. The van der Waals surface area contributed by atoms with Gasteiger partial charge in [-0.3, -0.25) is 4.98 Å². The van der Waals surface area contributed by atoms with Crippen molar-refractivity contribution in [3.8, 4) is 11.1 Å². The molecule has 3 aromatic heterocycles. The van der Waals surface area contributed by atoms with Gasteiger partial charge in [-0.15, -0.1) is 0 Å². The number of aromatic amines is 1.